The molecule has 0 fully saturated rings. The van der Waals surface area contributed by atoms with Crippen molar-refractivity contribution in [2.45, 2.75) is 13.5 Å². The lowest BCUT2D eigenvalue weighted by molar-refractivity contribution is -0.145. The lowest BCUT2D eigenvalue weighted by Crippen LogP contribution is -2.20. The largest absolute Gasteiger partial charge is 0.480 e. The Hall–Kier alpha value is -1.01. The molecule has 1 rings (SSSR count). The van der Waals surface area contributed by atoms with Crippen LogP contribution < -0.4 is 10.1 Å². The van der Waals surface area contributed by atoms with E-state index in [1.165, 1.54) is 0 Å². The molecule has 1 N–H and O–H groups in total. The first kappa shape index (κ1) is 18.0. The van der Waals surface area contributed by atoms with Gasteiger partial charge in [-0.15, -0.1) is 0 Å². The molecule has 0 heterocycles. The monoisotopic (exact) mass is 335 g/mol. The Balaban J connectivity index is 2.72. The lowest BCUT2D eigenvalue weighted by atomic mass is 10.2. The second-order valence-corrected chi connectivity index (χ2v) is 4.98. The second-order valence-electron chi connectivity index (χ2n) is 4.14. The minimum Gasteiger partial charge on any atom is -0.480 e. The summed E-state index contributed by atoms with van der Waals surface area (Å²) < 4.78 is 15.2. The predicted octanol–water partition coefficient (Wildman–Crippen LogP) is 2.67. The minimum absolute atomic E-state index is 0.194. The van der Waals surface area contributed by atoms with Gasteiger partial charge in [-0.2, -0.15) is 0 Å². The van der Waals surface area contributed by atoms with Gasteiger partial charge in [-0.3, -0.25) is 0 Å². The Morgan fingerprint density at radius 3 is 2.76 bits per heavy atom. The number of halogens is 2. The summed E-state index contributed by atoms with van der Waals surface area (Å²) in [7, 11) is 1.63. The first-order valence-corrected chi connectivity index (χ1v) is 7.30. The van der Waals surface area contributed by atoms with E-state index in [1.54, 1.807) is 26.2 Å². The van der Waals surface area contributed by atoms with Crippen molar-refractivity contribution in [3.8, 4) is 5.75 Å². The van der Waals surface area contributed by atoms with Crippen molar-refractivity contribution < 1.29 is 19.0 Å². The molecule has 118 valence electrons. The maximum absolute atomic E-state index is 11.4. The fourth-order valence-corrected chi connectivity index (χ4v) is 2.23. The molecular formula is C14H19Cl2NO4. The van der Waals surface area contributed by atoms with Gasteiger partial charge in [-0.25, -0.2) is 4.79 Å². The van der Waals surface area contributed by atoms with Crippen molar-refractivity contribution >= 4 is 29.2 Å². The van der Waals surface area contributed by atoms with Crippen molar-refractivity contribution in [1.82, 2.24) is 5.32 Å². The summed E-state index contributed by atoms with van der Waals surface area (Å²) in [4.78, 5) is 11.4. The molecule has 0 aliphatic heterocycles. The highest BCUT2D eigenvalue weighted by Crippen LogP contribution is 2.32. The molecule has 0 unspecified atom stereocenters. The Kier molecular flexibility index (Phi) is 8.45. The number of esters is 1. The van der Waals surface area contributed by atoms with Crippen LogP contribution in [0.5, 0.6) is 5.75 Å². The Labute approximate surface area is 134 Å². The molecule has 5 nitrogen and oxygen atoms in total. The van der Waals surface area contributed by atoms with Gasteiger partial charge in [0, 0.05) is 30.8 Å². The van der Waals surface area contributed by atoms with Gasteiger partial charge in [0.25, 0.3) is 0 Å². The first-order valence-electron chi connectivity index (χ1n) is 6.54. The van der Waals surface area contributed by atoms with E-state index in [9.17, 15) is 4.79 Å². The van der Waals surface area contributed by atoms with E-state index in [1.807, 2.05) is 0 Å². The second kappa shape index (κ2) is 9.84. The van der Waals surface area contributed by atoms with Crippen LogP contribution in [0.4, 0.5) is 0 Å². The summed E-state index contributed by atoms with van der Waals surface area (Å²) in [6.07, 6.45) is 0. The minimum atomic E-state index is -0.443. The summed E-state index contributed by atoms with van der Waals surface area (Å²) in [5.74, 6) is -0.0131. The predicted molar refractivity (Wildman–Crippen MR) is 82.2 cm³/mol. The van der Waals surface area contributed by atoms with Crippen molar-refractivity contribution in [2.24, 2.45) is 0 Å². The van der Waals surface area contributed by atoms with Gasteiger partial charge in [0.15, 0.2) is 6.61 Å². The number of nitrogens with one attached hydrogen (secondary N) is 1. The number of hydrogen-bond donors (Lipinski definition) is 1. The quantitative estimate of drug-likeness (QED) is 0.555. The van der Waals surface area contributed by atoms with E-state index in [-0.39, 0.29) is 6.61 Å². The average molecular weight is 336 g/mol. The highest BCUT2D eigenvalue weighted by molar-refractivity contribution is 6.35. The zero-order valence-electron chi connectivity index (χ0n) is 12.1. The summed E-state index contributed by atoms with van der Waals surface area (Å²) in [5, 5.41) is 4.04. The van der Waals surface area contributed by atoms with E-state index in [0.29, 0.717) is 42.1 Å². The fourth-order valence-electron chi connectivity index (χ4n) is 1.64. The number of rotatable bonds is 9. The molecule has 0 radical (unpaired) electrons. The number of carbonyl (C=O) groups is 1. The molecule has 1 aromatic carbocycles. The van der Waals surface area contributed by atoms with E-state index < -0.39 is 5.97 Å². The third kappa shape index (κ3) is 6.52. The van der Waals surface area contributed by atoms with Gasteiger partial charge in [0.1, 0.15) is 5.75 Å². The third-order valence-electron chi connectivity index (χ3n) is 2.52. The van der Waals surface area contributed by atoms with Gasteiger partial charge < -0.3 is 19.5 Å². The molecule has 0 saturated carbocycles. The molecule has 0 bridgehead atoms. The van der Waals surface area contributed by atoms with E-state index >= 15 is 0 Å². The van der Waals surface area contributed by atoms with Crippen molar-refractivity contribution in [3.05, 3.63) is 27.7 Å². The van der Waals surface area contributed by atoms with Gasteiger partial charge >= 0.3 is 5.97 Å². The average Bonchev–Trinajstić information content (AvgIpc) is 2.42. The standard InChI is InChI=1S/C14H19Cl2NO4/c1-3-20-13(18)9-21-14-10(8-17-4-5-19-2)6-11(15)7-12(14)16/h6-7,17H,3-5,8-9H2,1-2H3. The zero-order chi connectivity index (χ0) is 15.7. The molecule has 0 saturated heterocycles. The molecule has 0 aliphatic rings. The molecule has 7 heteroatoms. The van der Waals surface area contributed by atoms with Crippen molar-refractivity contribution in [3.63, 3.8) is 0 Å². The summed E-state index contributed by atoms with van der Waals surface area (Å²) >= 11 is 12.1. The van der Waals surface area contributed by atoms with E-state index in [4.69, 9.17) is 37.4 Å². The lowest BCUT2D eigenvalue weighted by Gasteiger charge is -2.14. The summed E-state index contributed by atoms with van der Waals surface area (Å²) in [5.41, 5.74) is 0.771. The van der Waals surface area contributed by atoms with E-state index in [2.05, 4.69) is 5.32 Å². The van der Waals surface area contributed by atoms with Crippen LogP contribution in [0.3, 0.4) is 0 Å². The van der Waals surface area contributed by atoms with Gasteiger partial charge in [0.2, 0.25) is 0 Å². The third-order valence-corrected chi connectivity index (χ3v) is 3.02. The summed E-state index contributed by atoms with van der Waals surface area (Å²) in [6, 6.07) is 3.32. The van der Waals surface area contributed by atoms with Crippen LogP contribution in [-0.2, 0) is 20.8 Å². The first-order chi connectivity index (χ1) is 10.1. The number of ether oxygens (including phenoxy) is 3. The van der Waals surface area contributed by atoms with Gasteiger partial charge in [0.05, 0.1) is 18.2 Å². The molecule has 0 amide bonds. The topological polar surface area (TPSA) is 56.8 Å². The van der Waals surface area contributed by atoms with Crippen molar-refractivity contribution in [1.29, 1.82) is 0 Å². The molecule has 0 atom stereocenters. The Morgan fingerprint density at radius 2 is 2.10 bits per heavy atom. The molecule has 1 aromatic rings. The summed E-state index contributed by atoms with van der Waals surface area (Å²) in [6.45, 7) is 3.62. The van der Waals surface area contributed by atoms with Crippen LogP contribution in [0.2, 0.25) is 10.0 Å². The van der Waals surface area contributed by atoms with Gasteiger partial charge in [-0.05, 0) is 19.1 Å². The van der Waals surface area contributed by atoms with Crippen LogP contribution in [0.15, 0.2) is 12.1 Å². The van der Waals surface area contributed by atoms with Crippen LogP contribution in [0.25, 0.3) is 0 Å². The van der Waals surface area contributed by atoms with Crippen LogP contribution in [-0.4, -0.2) is 39.4 Å². The van der Waals surface area contributed by atoms with Crippen molar-refractivity contribution in [2.75, 3.05) is 33.5 Å². The molecule has 21 heavy (non-hydrogen) atoms. The molecule has 0 spiro atoms. The highest BCUT2D eigenvalue weighted by atomic mass is 35.5. The number of carbonyl (C=O) groups excluding carboxylic acids is 1. The van der Waals surface area contributed by atoms with Gasteiger partial charge in [-0.1, -0.05) is 23.2 Å². The normalized spacial score (nSPS) is 10.5. The number of benzene rings is 1. The molecule has 0 aromatic heterocycles. The molecule has 0 aliphatic carbocycles. The fraction of sp³-hybridized carbons (Fsp3) is 0.500. The molecular weight excluding hydrogens is 317 g/mol. The van der Waals surface area contributed by atoms with E-state index in [0.717, 1.165) is 5.56 Å². The maximum atomic E-state index is 11.4. The number of hydrogen-bond acceptors (Lipinski definition) is 5. The van der Waals surface area contributed by atoms with Crippen LogP contribution >= 0.6 is 23.2 Å². The maximum Gasteiger partial charge on any atom is 0.344 e. The van der Waals surface area contributed by atoms with Crippen LogP contribution in [0, 0.1) is 0 Å². The highest BCUT2D eigenvalue weighted by Gasteiger charge is 2.13. The Morgan fingerprint density at radius 1 is 1.33 bits per heavy atom. The SMILES string of the molecule is CCOC(=O)COc1c(Cl)cc(Cl)cc1CNCCOC. The zero-order valence-corrected chi connectivity index (χ0v) is 13.6. The van der Waals surface area contributed by atoms with Crippen LogP contribution in [0.1, 0.15) is 12.5 Å². The smallest absolute Gasteiger partial charge is 0.344 e. The Bertz CT molecular complexity index is 469. The number of methoxy groups -OCH3 is 1.